The summed E-state index contributed by atoms with van der Waals surface area (Å²) < 4.78 is 12.3. The molecule has 2 atom stereocenters. The molecule has 126 valence electrons. The van der Waals surface area contributed by atoms with Gasteiger partial charge < -0.3 is 19.6 Å². The maximum Gasteiger partial charge on any atom is 0.494 e. The Morgan fingerprint density at radius 3 is 2.54 bits per heavy atom. The zero-order chi connectivity index (χ0) is 16.7. The van der Waals surface area contributed by atoms with E-state index in [2.05, 4.69) is 56.2 Å². The van der Waals surface area contributed by atoms with E-state index in [1.54, 1.807) is 0 Å². The van der Waals surface area contributed by atoms with Crippen LogP contribution in [0.4, 0.5) is 0 Å². The highest BCUT2D eigenvalue weighted by atomic mass is 16.7. The number of hydrogen-bond donors (Lipinski definition) is 2. The van der Waals surface area contributed by atoms with Gasteiger partial charge in [0.2, 0.25) is 0 Å². The standard InChI is InChI=1S/C18H24BN3O2/c1-16(2)17(3,4)24-19(23-16)12-5-6-13-14(9-12)22-15(21-13)18-10-11(18)7-8-20-18/h5-6,9,11,20H,7-8,10H2,1-4H3,(H,21,22). The van der Waals surface area contributed by atoms with Crippen LogP contribution in [0.3, 0.4) is 0 Å². The average Bonchev–Trinajstić information content (AvgIpc) is 2.85. The van der Waals surface area contributed by atoms with Crippen molar-refractivity contribution in [3.8, 4) is 0 Å². The number of aromatic amines is 1. The van der Waals surface area contributed by atoms with Crippen LogP contribution in [0.1, 0.15) is 46.4 Å². The molecule has 0 bridgehead atoms. The van der Waals surface area contributed by atoms with Crippen LogP contribution in [0, 0.1) is 5.92 Å². The molecule has 0 spiro atoms. The summed E-state index contributed by atoms with van der Waals surface area (Å²) in [5.41, 5.74) is 2.59. The molecule has 1 aromatic carbocycles. The maximum atomic E-state index is 6.16. The van der Waals surface area contributed by atoms with E-state index in [1.807, 2.05) is 0 Å². The Morgan fingerprint density at radius 1 is 1.17 bits per heavy atom. The topological polar surface area (TPSA) is 59.2 Å². The Morgan fingerprint density at radius 2 is 1.92 bits per heavy atom. The quantitative estimate of drug-likeness (QED) is 0.830. The summed E-state index contributed by atoms with van der Waals surface area (Å²) >= 11 is 0. The fraction of sp³-hybridized carbons (Fsp3) is 0.611. The van der Waals surface area contributed by atoms with Gasteiger partial charge in [0.15, 0.2) is 0 Å². The van der Waals surface area contributed by atoms with Gasteiger partial charge in [0.1, 0.15) is 5.82 Å². The van der Waals surface area contributed by atoms with Crippen LogP contribution in [0.25, 0.3) is 11.0 Å². The number of fused-ring (bicyclic) bond motifs is 2. The van der Waals surface area contributed by atoms with Crippen molar-refractivity contribution in [3.63, 3.8) is 0 Å². The Bertz CT molecular complexity index is 815. The number of nitrogens with zero attached hydrogens (tertiary/aromatic N) is 1. The van der Waals surface area contributed by atoms with E-state index in [-0.39, 0.29) is 23.9 Å². The van der Waals surface area contributed by atoms with Crippen LogP contribution in [-0.4, -0.2) is 34.8 Å². The van der Waals surface area contributed by atoms with E-state index in [0.29, 0.717) is 0 Å². The zero-order valence-electron chi connectivity index (χ0n) is 14.8. The molecule has 3 fully saturated rings. The molecule has 3 aliphatic rings. The Balaban J connectivity index is 1.49. The number of benzene rings is 1. The second-order valence-corrected chi connectivity index (χ2v) is 8.54. The normalized spacial score (nSPS) is 33.2. The number of nitrogens with one attached hydrogen (secondary N) is 2. The highest BCUT2D eigenvalue weighted by Crippen LogP contribution is 2.56. The van der Waals surface area contributed by atoms with Gasteiger partial charge in [-0.3, -0.25) is 0 Å². The lowest BCUT2D eigenvalue weighted by Gasteiger charge is -2.32. The zero-order valence-corrected chi connectivity index (χ0v) is 14.8. The molecule has 5 nitrogen and oxygen atoms in total. The Kier molecular flexibility index (Phi) is 2.75. The monoisotopic (exact) mass is 325 g/mol. The van der Waals surface area contributed by atoms with E-state index in [1.165, 1.54) is 12.8 Å². The summed E-state index contributed by atoms with van der Waals surface area (Å²) in [5.74, 6) is 1.84. The molecule has 1 aliphatic carbocycles. The molecule has 24 heavy (non-hydrogen) atoms. The van der Waals surface area contributed by atoms with Crippen LogP contribution in [0.15, 0.2) is 18.2 Å². The fourth-order valence-electron chi connectivity index (χ4n) is 4.10. The average molecular weight is 325 g/mol. The van der Waals surface area contributed by atoms with Crippen molar-refractivity contribution in [1.29, 1.82) is 0 Å². The molecular weight excluding hydrogens is 301 g/mol. The van der Waals surface area contributed by atoms with Gasteiger partial charge in [0.05, 0.1) is 27.8 Å². The Hall–Kier alpha value is -1.37. The lowest BCUT2D eigenvalue weighted by Crippen LogP contribution is -2.41. The highest BCUT2D eigenvalue weighted by Gasteiger charge is 2.60. The molecule has 6 heteroatoms. The molecule has 2 aromatic rings. The van der Waals surface area contributed by atoms with Gasteiger partial charge in [0.25, 0.3) is 0 Å². The van der Waals surface area contributed by atoms with E-state index in [0.717, 1.165) is 34.8 Å². The van der Waals surface area contributed by atoms with Crippen LogP contribution < -0.4 is 10.8 Å². The second kappa shape index (κ2) is 4.42. The number of rotatable bonds is 2. The summed E-state index contributed by atoms with van der Waals surface area (Å²) in [4.78, 5) is 8.37. The molecule has 2 saturated heterocycles. The van der Waals surface area contributed by atoms with Gasteiger partial charge in [-0.1, -0.05) is 6.07 Å². The van der Waals surface area contributed by atoms with Crippen LogP contribution >= 0.6 is 0 Å². The summed E-state index contributed by atoms with van der Waals surface area (Å²) in [6.07, 6.45) is 2.47. The molecule has 2 unspecified atom stereocenters. The first kappa shape index (κ1) is 14.9. The van der Waals surface area contributed by atoms with Crippen LogP contribution in [0.5, 0.6) is 0 Å². The first-order valence-corrected chi connectivity index (χ1v) is 8.92. The van der Waals surface area contributed by atoms with Crippen LogP contribution in [0.2, 0.25) is 0 Å². The third-order valence-electron chi connectivity index (χ3n) is 6.49. The molecule has 1 saturated carbocycles. The van der Waals surface area contributed by atoms with E-state index in [4.69, 9.17) is 14.3 Å². The molecule has 5 rings (SSSR count). The largest absolute Gasteiger partial charge is 0.494 e. The number of imidazole rings is 1. The fourth-order valence-corrected chi connectivity index (χ4v) is 4.10. The first-order valence-electron chi connectivity index (χ1n) is 8.92. The maximum absolute atomic E-state index is 6.16. The van der Waals surface area contributed by atoms with Crippen molar-refractivity contribution in [2.24, 2.45) is 5.92 Å². The molecule has 3 heterocycles. The SMILES string of the molecule is CC1(C)OB(c2ccc3nc(C45CC4CCN5)[nH]c3c2)OC1(C)C. The highest BCUT2D eigenvalue weighted by molar-refractivity contribution is 6.62. The second-order valence-electron chi connectivity index (χ2n) is 8.54. The third-order valence-corrected chi connectivity index (χ3v) is 6.49. The minimum absolute atomic E-state index is 0.115. The third kappa shape index (κ3) is 1.90. The van der Waals surface area contributed by atoms with Gasteiger partial charge in [-0.15, -0.1) is 0 Å². The molecule has 2 N–H and O–H groups in total. The van der Waals surface area contributed by atoms with Gasteiger partial charge in [-0.25, -0.2) is 4.98 Å². The lowest BCUT2D eigenvalue weighted by atomic mass is 9.79. The van der Waals surface area contributed by atoms with Gasteiger partial charge >= 0.3 is 7.12 Å². The smallest absolute Gasteiger partial charge is 0.399 e. The predicted molar refractivity (Wildman–Crippen MR) is 94.2 cm³/mol. The number of piperidine rings is 1. The predicted octanol–water partition coefficient (Wildman–Crippen LogP) is 2.07. The molecule has 2 aliphatic heterocycles. The summed E-state index contributed by atoms with van der Waals surface area (Å²) in [7, 11) is -0.331. The summed E-state index contributed by atoms with van der Waals surface area (Å²) in [5, 5.41) is 3.63. The van der Waals surface area contributed by atoms with Crippen molar-refractivity contribution in [1.82, 2.24) is 15.3 Å². The van der Waals surface area contributed by atoms with E-state index < -0.39 is 0 Å². The molecule has 1 aromatic heterocycles. The number of hydrogen-bond acceptors (Lipinski definition) is 4. The summed E-state index contributed by atoms with van der Waals surface area (Å²) in [6.45, 7) is 9.42. The summed E-state index contributed by atoms with van der Waals surface area (Å²) in [6, 6.07) is 6.26. The van der Waals surface area contributed by atoms with Crippen molar-refractivity contribution in [2.75, 3.05) is 6.54 Å². The number of H-pyrrole nitrogens is 1. The van der Waals surface area contributed by atoms with E-state index in [9.17, 15) is 0 Å². The van der Waals surface area contributed by atoms with Crippen molar-refractivity contribution in [2.45, 2.75) is 57.3 Å². The van der Waals surface area contributed by atoms with E-state index >= 15 is 0 Å². The van der Waals surface area contributed by atoms with Crippen molar-refractivity contribution in [3.05, 3.63) is 24.0 Å². The minimum Gasteiger partial charge on any atom is -0.399 e. The molecule has 0 radical (unpaired) electrons. The van der Waals surface area contributed by atoms with Gasteiger partial charge in [-0.05, 0) is 70.6 Å². The molecular formula is C18H24BN3O2. The Labute approximate surface area is 142 Å². The lowest BCUT2D eigenvalue weighted by molar-refractivity contribution is 0.00578. The first-order chi connectivity index (χ1) is 11.3. The number of aromatic nitrogens is 2. The van der Waals surface area contributed by atoms with Crippen molar-refractivity contribution < 1.29 is 9.31 Å². The van der Waals surface area contributed by atoms with Gasteiger partial charge in [-0.2, -0.15) is 0 Å². The van der Waals surface area contributed by atoms with Crippen molar-refractivity contribution >= 4 is 23.6 Å². The van der Waals surface area contributed by atoms with Gasteiger partial charge in [0, 0.05) is 0 Å². The van der Waals surface area contributed by atoms with Crippen LogP contribution in [-0.2, 0) is 14.8 Å². The molecule has 0 amide bonds. The minimum atomic E-state index is -0.331.